The van der Waals surface area contributed by atoms with Gasteiger partial charge in [-0.25, -0.2) is 13.1 Å². The highest BCUT2D eigenvalue weighted by Gasteiger charge is 2.17. The number of hydrogen-bond donors (Lipinski definition) is 1. The van der Waals surface area contributed by atoms with Crippen molar-refractivity contribution < 1.29 is 13.2 Å². The molecule has 0 spiro atoms. The number of hydrogen-bond acceptors (Lipinski definition) is 3. The van der Waals surface area contributed by atoms with Crippen molar-refractivity contribution in [1.82, 2.24) is 4.72 Å². The van der Waals surface area contributed by atoms with Gasteiger partial charge in [0.15, 0.2) is 0 Å². The number of rotatable bonds is 7. The maximum Gasteiger partial charge on any atom is 0.241 e. The highest BCUT2D eigenvalue weighted by atomic mass is 79.9. The molecule has 0 saturated heterocycles. The van der Waals surface area contributed by atoms with Crippen molar-refractivity contribution in [2.45, 2.75) is 31.9 Å². The van der Waals surface area contributed by atoms with E-state index in [4.69, 9.17) is 4.74 Å². The fraction of sp³-hybridized carbons (Fsp3) is 0.294. The number of benzene rings is 2. The lowest BCUT2D eigenvalue weighted by Crippen LogP contribution is -2.23. The lowest BCUT2D eigenvalue weighted by Gasteiger charge is -2.10. The Labute approximate surface area is 146 Å². The zero-order valence-electron chi connectivity index (χ0n) is 13.2. The van der Waals surface area contributed by atoms with Gasteiger partial charge in [-0.3, -0.25) is 0 Å². The van der Waals surface area contributed by atoms with Crippen molar-refractivity contribution in [1.29, 1.82) is 0 Å². The van der Waals surface area contributed by atoms with E-state index in [9.17, 15) is 8.42 Å². The predicted octanol–water partition coefficient (Wildman–Crippen LogP) is 3.77. The standard InChI is InChI=1S/C17H20BrNO3S/c1-3-22-12-15-7-5-14(6-8-15)11-19-23(20,21)17-9-4-13(2)10-16(17)18/h4-10,19H,3,11-12H2,1-2H3. The highest BCUT2D eigenvalue weighted by molar-refractivity contribution is 9.10. The molecule has 23 heavy (non-hydrogen) atoms. The molecule has 0 bridgehead atoms. The van der Waals surface area contributed by atoms with E-state index in [0.29, 0.717) is 17.7 Å². The van der Waals surface area contributed by atoms with Crippen LogP contribution in [0.15, 0.2) is 51.8 Å². The maximum absolute atomic E-state index is 12.4. The monoisotopic (exact) mass is 397 g/mol. The summed E-state index contributed by atoms with van der Waals surface area (Å²) in [6.45, 7) is 5.36. The summed E-state index contributed by atoms with van der Waals surface area (Å²) >= 11 is 3.31. The summed E-state index contributed by atoms with van der Waals surface area (Å²) in [7, 11) is -3.55. The number of sulfonamides is 1. The molecule has 0 amide bonds. The van der Waals surface area contributed by atoms with Gasteiger partial charge in [0.2, 0.25) is 10.0 Å². The van der Waals surface area contributed by atoms with Crippen LogP contribution in [0.1, 0.15) is 23.6 Å². The average molecular weight is 398 g/mol. The summed E-state index contributed by atoms with van der Waals surface area (Å²) in [4.78, 5) is 0.246. The van der Waals surface area contributed by atoms with Crippen LogP contribution in [0, 0.1) is 6.92 Å². The Morgan fingerprint density at radius 2 is 1.74 bits per heavy atom. The smallest absolute Gasteiger partial charge is 0.241 e. The fourth-order valence-corrected chi connectivity index (χ4v) is 4.26. The molecule has 2 rings (SSSR count). The molecule has 0 aliphatic heterocycles. The molecule has 2 aromatic rings. The Kier molecular flexibility index (Phi) is 6.35. The molecule has 0 fully saturated rings. The first-order valence-electron chi connectivity index (χ1n) is 7.34. The number of halogens is 1. The molecule has 124 valence electrons. The third kappa shape index (κ3) is 5.14. The molecule has 0 heterocycles. The first-order chi connectivity index (χ1) is 10.9. The van der Waals surface area contributed by atoms with Crippen LogP contribution in [0.4, 0.5) is 0 Å². The molecule has 0 radical (unpaired) electrons. The van der Waals surface area contributed by atoms with Crippen molar-refractivity contribution in [3.8, 4) is 0 Å². The van der Waals surface area contributed by atoms with Crippen molar-refractivity contribution in [2.75, 3.05) is 6.61 Å². The van der Waals surface area contributed by atoms with Gasteiger partial charge in [-0.1, -0.05) is 30.3 Å². The molecule has 0 aromatic heterocycles. The zero-order chi connectivity index (χ0) is 16.9. The van der Waals surface area contributed by atoms with E-state index in [1.54, 1.807) is 18.2 Å². The van der Waals surface area contributed by atoms with E-state index in [1.807, 2.05) is 38.1 Å². The second-order valence-electron chi connectivity index (χ2n) is 5.21. The number of nitrogens with one attached hydrogen (secondary N) is 1. The molecule has 1 N–H and O–H groups in total. The summed E-state index contributed by atoms with van der Waals surface area (Å²) in [6.07, 6.45) is 0. The normalized spacial score (nSPS) is 11.6. The molecular formula is C17H20BrNO3S. The lowest BCUT2D eigenvalue weighted by molar-refractivity contribution is 0.134. The summed E-state index contributed by atoms with van der Waals surface area (Å²) in [5.41, 5.74) is 2.97. The summed E-state index contributed by atoms with van der Waals surface area (Å²) in [6, 6.07) is 12.9. The molecule has 4 nitrogen and oxygen atoms in total. The Morgan fingerprint density at radius 3 is 2.35 bits per heavy atom. The minimum atomic E-state index is -3.55. The van der Waals surface area contributed by atoms with Gasteiger partial charge in [-0.05, 0) is 58.6 Å². The highest BCUT2D eigenvalue weighted by Crippen LogP contribution is 2.23. The first kappa shape index (κ1) is 18.1. The van der Waals surface area contributed by atoms with Gasteiger partial charge in [0.1, 0.15) is 0 Å². The van der Waals surface area contributed by atoms with Crippen LogP contribution < -0.4 is 4.72 Å². The number of aryl methyl sites for hydroxylation is 1. The Hall–Kier alpha value is -1.21. The quantitative estimate of drug-likeness (QED) is 0.773. The van der Waals surface area contributed by atoms with Crippen molar-refractivity contribution in [3.05, 3.63) is 63.6 Å². The molecule has 6 heteroatoms. The topological polar surface area (TPSA) is 55.4 Å². The van der Waals surface area contributed by atoms with Gasteiger partial charge < -0.3 is 4.74 Å². The third-order valence-corrected chi connectivity index (χ3v) is 5.72. The van der Waals surface area contributed by atoms with Gasteiger partial charge in [-0.15, -0.1) is 0 Å². The van der Waals surface area contributed by atoms with E-state index in [1.165, 1.54) is 0 Å². The predicted molar refractivity (Wildman–Crippen MR) is 94.7 cm³/mol. The Morgan fingerprint density at radius 1 is 1.09 bits per heavy atom. The molecule has 0 aliphatic carbocycles. The molecule has 0 saturated carbocycles. The minimum Gasteiger partial charge on any atom is -0.377 e. The maximum atomic E-state index is 12.4. The van der Waals surface area contributed by atoms with Gasteiger partial charge >= 0.3 is 0 Å². The molecule has 0 aliphatic rings. The molecule has 0 unspecified atom stereocenters. The van der Waals surface area contributed by atoms with E-state index < -0.39 is 10.0 Å². The van der Waals surface area contributed by atoms with Gasteiger partial charge in [0.05, 0.1) is 11.5 Å². The van der Waals surface area contributed by atoms with Crippen LogP contribution in [-0.2, 0) is 27.9 Å². The first-order valence-corrected chi connectivity index (χ1v) is 9.61. The van der Waals surface area contributed by atoms with E-state index in [2.05, 4.69) is 20.7 Å². The second-order valence-corrected chi connectivity index (χ2v) is 7.80. The molecule has 2 aromatic carbocycles. The second kappa shape index (κ2) is 8.06. The van der Waals surface area contributed by atoms with E-state index >= 15 is 0 Å². The van der Waals surface area contributed by atoms with Crippen LogP contribution in [0.5, 0.6) is 0 Å². The molecular weight excluding hydrogens is 378 g/mol. The summed E-state index contributed by atoms with van der Waals surface area (Å²) in [5.74, 6) is 0. The largest absolute Gasteiger partial charge is 0.377 e. The minimum absolute atomic E-state index is 0.246. The summed E-state index contributed by atoms with van der Waals surface area (Å²) < 4.78 is 33.3. The molecule has 0 atom stereocenters. The van der Waals surface area contributed by atoms with E-state index in [0.717, 1.165) is 16.7 Å². The van der Waals surface area contributed by atoms with Crippen LogP contribution >= 0.6 is 15.9 Å². The summed E-state index contributed by atoms with van der Waals surface area (Å²) in [5, 5.41) is 0. The SMILES string of the molecule is CCOCc1ccc(CNS(=O)(=O)c2ccc(C)cc2Br)cc1. The zero-order valence-corrected chi connectivity index (χ0v) is 15.6. The fourth-order valence-electron chi connectivity index (χ4n) is 2.05. The van der Waals surface area contributed by atoms with Gasteiger partial charge in [0, 0.05) is 17.6 Å². The van der Waals surface area contributed by atoms with Crippen LogP contribution in [-0.4, -0.2) is 15.0 Å². The van der Waals surface area contributed by atoms with Crippen molar-refractivity contribution >= 4 is 26.0 Å². The Bertz CT molecular complexity index is 758. The average Bonchev–Trinajstić information content (AvgIpc) is 2.51. The van der Waals surface area contributed by atoms with Gasteiger partial charge in [-0.2, -0.15) is 0 Å². The van der Waals surface area contributed by atoms with Crippen molar-refractivity contribution in [3.63, 3.8) is 0 Å². The number of ether oxygens (including phenoxy) is 1. The third-order valence-electron chi connectivity index (χ3n) is 3.34. The Balaban J connectivity index is 2.04. The van der Waals surface area contributed by atoms with Crippen LogP contribution in [0.2, 0.25) is 0 Å². The van der Waals surface area contributed by atoms with Crippen LogP contribution in [0.3, 0.4) is 0 Å². The van der Waals surface area contributed by atoms with E-state index in [-0.39, 0.29) is 11.4 Å². The van der Waals surface area contributed by atoms with Crippen LogP contribution in [0.25, 0.3) is 0 Å². The van der Waals surface area contributed by atoms with Gasteiger partial charge in [0.25, 0.3) is 0 Å². The van der Waals surface area contributed by atoms with Crippen molar-refractivity contribution in [2.24, 2.45) is 0 Å². The lowest BCUT2D eigenvalue weighted by atomic mass is 10.1.